The van der Waals surface area contributed by atoms with Crippen molar-refractivity contribution >= 4 is 5.91 Å². The van der Waals surface area contributed by atoms with Crippen LogP contribution >= 0.6 is 0 Å². The molecular formula is C13H14N2O2. The number of carbonyl (C=O) groups is 1. The first-order chi connectivity index (χ1) is 8.31. The molecule has 1 aliphatic rings. The Labute approximate surface area is 100 Å². The van der Waals surface area contributed by atoms with Crippen LogP contribution in [0.2, 0.25) is 0 Å². The minimum Gasteiger partial charge on any atom is -0.370 e. The topological polar surface area (TPSA) is 53.3 Å². The summed E-state index contributed by atoms with van der Waals surface area (Å²) in [4.78, 5) is 13.3. The molecule has 2 rings (SSSR count). The molecule has 4 nitrogen and oxygen atoms in total. The zero-order valence-corrected chi connectivity index (χ0v) is 9.50. The normalized spacial score (nSPS) is 17.6. The molecule has 0 aromatic heterocycles. The molecule has 17 heavy (non-hydrogen) atoms. The van der Waals surface area contributed by atoms with Gasteiger partial charge < -0.3 is 9.64 Å². The van der Waals surface area contributed by atoms with Crippen molar-refractivity contribution in [2.45, 2.75) is 5.92 Å². The summed E-state index contributed by atoms with van der Waals surface area (Å²) in [5.41, 5.74) is 0.953. The fraction of sp³-hybridized carbons (Fsp3) is 0.385. The van der Waals surface area contributed by atoms with Gasteiger partial charge >= 0.3 is 0 Å². The summed E-state index contributed by atoms with van der Waals surface area (Å²) in [5.74, 6) is -0.300. The molecule has 0 saturated carbocycles. The summed E-state index contributed by atoms with van der Waals surface area (Å²) in [5, 5.41) is 9.18. The van der Waals surface area contributed by atoms with Crippen LogP contribution in [0.15, 0.2) is 30.3 Å². The number of carbonyl (C=O) groups excluding carboxylic acids is 1. The van der Waals surface area contributed by atoms with Gasteiger partial charge in [-0.3, -0.25) is 4.79 Å². The van der Waals surface area contributed by atoms with Gasteiger partial charge in [-0.25, -0.2) is 0 Å². The van der Waals surface area contributed by atoms with Crippen LogP contribution in [0.5, 0.6) is 0 Å². The molecular weight excluding hydrogens is 216 g/mol. The van der Waals surface area contributed by atoms with E-state index in [1.54, 1.807) is 4.90 Å². The van der Waals surface area contributed by atoms with Crippen LogP contribution in [-0.2, 0) is 9.53 Å². The van der Waals surface area contributed by atoms with Gasteiger partial charge in [-0.2, -0.15) is 5.26 Å². The summed E-state index contributed by atoms with van der Waals surface area (Å²) in [6.07, 6.45) is 0. The summed E-state index contributed by atoms with van der Waals surface area (Å²) >= 11 is 0. The molecule has 1 amide bonds. The number of benzene rings is 1. The Bertz CT molecular complexity index is 425. The highest BCUT2D eigenvalue weighted by molar-refractivity contribution is 5.78. The summed E-state index contributed by atoms with van der Waals surface area (Å²) in [6, 6.07) is 11.8. The molecule has 1 atom stereocenters. The molecule has 0 radical (unpaired) electrons. The highest BCUT2D eigenvalue weighted by Gasteiger charge is 2.22. The molecule has 1 unspecified atom stereocenters. The van der Waals surface area contributed by atoms with E-state index in [0.29, 0.717) is 19.7 Å². The number of morpholine rings is 1. The van der Waals surface area contributed by atoms with Crippen LogP contribution in [-0.4, -0.2) is 37.1 Å². The van der Waals surface area contributed by atoms with Gasteiger partial charge in [0.15, 0.2) is 0 Å². The van der Waals surface area contributed by atoms with E-state index in [2.05, 4.69) is 6.07 Å². The number of hydrogen-bond donors (Lipinski definition) is 0. The van der Waals surface area contributed by atoms with E-state index in [9.17, 15) is 10.1 Å². The van der Waals surface area contributed by atoms with Crippen LogP contribution in [0.4, 0.5) is 0 Å². The van der Waals surface area contributed by atoms with Gasteiger partial charge in [0.1, 0.15) is 6.61 Å². The fourth-order valence-corrected chi connectivity index (χ4v) is 1.87. The SMILES string of the molecule is N#CC(CN1CCOCC1=O)c1ccccc1. The number of ether oxygens (including phenoxy) is 1. The number of nitrogens with zero attached hydrogens (tertiary/aromatic N) is 2. The van der Waals surface area contributed by atoms with E-state index in [-0.39, 0.29) is 18.4 Å². The largest absolute Gasteiger partial charge is 0.370 e. The van der Waals surface area contributed by atoms with E-state index >= 15 is 0 Å². The number of amides is 1. The Kier molecular flexibility index (Phi) is 3.73. The predicted octanol–water partition coefficient (Wildman–Crippen LogP) is 1.15. The lowest BCUT2D eigenvalue weighted by atomic mass is 10.00. The van der Waals surface area contributed by atoms with Gasteiger partial charge in [-0.15, -0.1) is 0 Å². The predicted molar refractivity (Wildman–Crippen MR) is 62.2 cm³/mol. The quantitative estimate of drug-likeness (QED) is 0.782. The third-order valence-corrected chi connectivity index (χ3v) is 2.84. The van der Waals surface area contributed by atoms with Gasteiger partial charge in [-0.1, -0.05) is 30.3 Å². The number of hydrogen-bond acceptors (Lipinski definition) is 3. The molecule has 4 heteroatoms. The fourth-order valence-electron chi connectivity index (χ4n) is 1.87. The molecule has 1 aliphatic heterocycles. The van der Waals surface area contributed by atoms with E-state index in [1.165, 1.54) is 0 Å². The van der Waals surface area contributed by atoms with Gasteiger partial charge in [0.25, 0.3) is 0 Å². The monoisotopic (exact) mass is 230 g/mol. The second-order valence-electron chi connectivity index (χ2n) is 3.98. The molecule has 0 bridgehead atoms. The molecule has 1 heterocycles. The van der Waals surface area contributed by atoms with Crippen molar-refractivity contribution in [1.82, 2.24) is 4.90 Å². The zero-order valence-electron chi connectivity index (χ0n) is 9.50. The smallest absolute Gasteiger partial charge is 0.248 e. The van der Waals surface area contributed by atoms with Crippen molar-refractivity contribution in [1.29, 1.82) is 5.26 Å². The maximum Gasteiger partial charge on any atom is 0.248 e. The molecule has 1 aromatic carbocycles. The molecule has 0 aliphatic carbocycles. The maximum atomic E-state index is 11.6. The molecule has 0 spiro atoms. The Balaban J connectivity index is 2.05. The van der Waals surface area contributed by atoms with E-state index in [0.717, 1.165) is 5.56 Å². The molecule has 1 fully saturated rings. The van der Waals surface area contributed by atoms with Crippen molar-refractivity contribution in [3.05, 3.63) is 35.9 Å². The second-order valence-corrected chi connectivity index (χ2v) is 3.98. The Morgan fingerprint density at radius 2 is 2.18 bits per heavy atom. The Morgan fingerprint density at radius 1 is 1.41 bits per heavy atom. The van der Waals surface area contributed by atoms with Crippen molar-refractivity contribution < 1.29 is 9.53 Å². The molecule has 0 N–H and O–H groups in total. The van der Waals surface area contributed by atoms with Crippen LogP contribution in [0.3, 0.4) is 0 Å². The van der Waals surface area contributed by atoms with Gasteiger partial charge in [0.2, 0.25) is 5.91 Å². The lowest BCUT2D eigenvalue weighted by Crippen LogP contribution is -2.43. The van der Waals surface area contributed by atoms with Crippen LogP contribution in [0.1, 0.15) is 11.5 Å². The molecule has 1 saturated heterocycles. The number of nitriles is 1. The summed E-state index contributed by atoms with van der Waals surface area (Å²) in [7, 11) is 0. The standard InChI is InChI=1S/C13H14N2O2/c14-8-12(11-4-2-1-3-5-11)9-15-6-7-17-10-13(15)16/h1-5,12H,6-7,9-10H2. The van der Waals surface area contributed by atoms with Crippen molar-refractivity contribution in [2.24, 2.45) is 0 Å². The van der Waals surface area contributed by atoms with Crippen LogP contribution < -0.4 is 0 Å². The minimum absolute atomic E-state index is 0.0348. The molecule has 1 aromatic rings. The maximum absolute atomic E-state index is 11.6. The first kappa shape index (κ1) is 11.6. The third-order valence-electron chi connectivity index (χ3n) is 2.84. The van der Waals surface area contributed by atoms with E-state index < -0.39 is 0 Å². The summed E-state index contributed by atoms with van der Waals surface area (Å²) < 4.78 is 5.06. The van der Waals surface area contributed by atoms with Crippen molar-refractivity contribution in [3.63, 3.8) is 0 Å². The molecule has 88 valence electrons. The Hall–Kier alpha value is -1.86. The lowest BCUT2D eigenvalue weighted by molar-refractivity contribution is -0.142. The first-order valence-corrected chi connectivity index (χ1v) is 5.61. The van der Waals surface area contributed by atoms with E-state index in [1.807, 2.05) is 30.3 Å². The van der Waals surface area contributed by atoms with Crippen molar-refractivity contribution in [2.75, 3.05) is 26.3 Å². The van der Waals surface area contributed by atoms with E-state index in [4.69, 9.17) is 4.74 Å². The Morgan fingerprint density at radius 3 is 2.82 bits per heavy atom. The lowest BCUT2D eigenvalue weighted by Gasteiger charge is -2.28. The highest BCUT2D eigenvalue weighted by Crippen LogP contribution is 2.16. The second kappa shape index (κ2) is 5.46. The average Bonchev–Trinajstić information content (AvgIpc) is 2.39. The average molecular weight is 230 g/mol. The number of rotatable bonds is 3. The van der Waals surface area contributed by atoms with Crippen LogP contribution in [0.25, 0.3) is 0 Å². The zero-order chi connectivity index (χ0) is 12.1. The minimum atomic E-state index is -0.266. The highest BCUT2D eigenvalue weighted by atomic mass is 16.5. The van der Waals surface area contributed by atoms with Crippen LogP contribution in [0, 0.1) is 11.3 Å². The summed E-state index contributed by atoms with van der Waals surface area (Å²) in [6.45, 7) is 1.71. The van der Waals surface area contributed by atoms with Gasteiger partial charge in [-0.05, 0) is 5.56 Å². The van der Waals surface area contributed by atoms with Crippen molar-refractivity contribution in [3.8, 4) is 6.07 Å². The third kappa shape index (κ3) is 2.83. The first-order valence-electron chi connectivity index (χ1n) is 5.61. The van der Waals surface area contributed by atoms with Gasteiger partial charge in [0, 0.05) is 13.1 Å². The van der Waals surface area contributed by atoms with Gasteiger partial charge in [0.05, 0.1) is 18.6 Å².